The number of thioether (sulfide) groups is 1. The van der Waals surface area contributed by atoms with Crippen molar-refractivity contribution in [2.45, 2.75) is 6.61 Å². The van der Waals surface area contributed by atoms with Gasteiger partial charge in [0.15, 0.2) is 4.32 Å². The van der Waals surface area contributed by atoms with Crippen LogP contribution < -0.4 is 9.64 Å². The van der Waals surface area contributed by atoms with Gasteiger partial charge in [0, 0.05) is 16.1 Å². The Labute approximate surface area is 204 Å². The van der Waals surface area contributed by atoms with Crippen LogP contribution in [-0.2, 0) is 11.4 Å². The van der Waals surface area contributed by atoms with Gasteiger partial charge in [-0.2, -0.15) is 0 Å². The third-order valence-corrected chi connectivity index (χ3v) is 6.91. The van der Waals surface area contributed by atoms with E-state index in [-0.39, 0.29) is 5.91 Å². The number of benzene rings is 3. The van der Waals surface area contributed by atoms with E-state index in [2.05, 4.69) is 0 Å². The largest absolute Gasteiger partial charge is 0.488 e. The highest BCUT2D eigenvalue weighted by molar-refractivity contribution is 8.27. The van der Waals surface area contributed by atoms with Crippen molar-refractivity contribution in [1.29, 1.82) is 0 Å². The van der Waals surface area contributed by atoms with Crippen molar-refractivity contribution in [3.8, 4) is 5.75 Å². The normalized spacial score (nSPS) is 15.1. The predicted octanol–water partition coefficient (Wildman–Crippen LogP) is 7.63. The molecule has 156 valence electrons. The predicted molar refractivity (Wildman–Crippen MR) is 134 cm³/mol. The van der Waals surface area contributed by atoms with Gasteiger partial charge in [0.2, 0.25) is 0 Å². The number of para-hydroxylation sites is 1. The standard InChI is InChI=1S/C23H14Cl3NO2S2/c24-17-7-3-1-6-15(17)13-29-20-8-4-2-5-14(20)11-21-22(28)27(23(30)31-21)16-9-10-18(25)19(26)12-16/h1-12H,13H2. The van der Waals surface area contributed by atoms with Crippen LogP contribution in [0.5, 0.6) is 5.75 Å². The van der Waals surface area contributed by atoms with Gasteiger partial charge in [-0.3, -0.25) is 9.69 Å². The molecular formula is C23H14Cl3NO2S2. The summed E-state index contributed by atoms with van der Waals surface area (Å²) in [7, 11) is 0. The van der Waals surface area contributed by atoms with Crippen LogP contribution in [-0.4, -0.2) is 10.2 Å². The first-order valence-corrected chi connectivity index (χ1v) is 11.5. The van der Waals surface area contributed by atoms with Crippen LogP contribution in [0.2, 0.25) is 15.1 Å². The molecule has 0 unspecified atom stereocenters. The highest BCUT2D eigenvalue weighted by Gasteiger charge is 2.33. The van der Waals surface area contributed by atoms with Crippen LogP contribution in [0.4, 0.5) is 5.69 Å². The first-order valence-electron chi connectivity index (χ1n) is 9.12. The van der Waals surface area contributed by atoms with Crippen molar-refractivity contribution >= 4 is 80.8 Å². The Balaban J connectivity index is 1.59. The topological polar surface area (TPSA) is 29.5 Å². The summed E-state index contributed by atoms with van der Waals surface area (Å²) in [6.45, 7) is 0.314. The minimum Gasteiger partial charge on any atom is -0.488 e. The van der Waals surface area contributed by atoms with Crippen LogP contribution in [0.3, 0.4) is 0 Å². The average molecular weight is 507 g/mol. The van der Waals surface area contributed by atoms with Gasteiger partial charge in [-0.05, 0) is 36.4 Å². The highest BCUT2D eigenvalue weighted by atomic mass is 35.5. The van der Waals surface area contributed by atoms with Gasteiger partial charge in [-0.15, -0.1) is 0 Å². The molecule has 8 heteroatoms. The van der Waals surface area contributed by atoms with E-state index in [1.165, 1.54) is 16.7 Å². The Morgan fingerprint density at radius 2 is 1.68 bits per heavy atom. The second-order valence-corrected chi connectivity index (χ2v) is 9.43. The van der Waals surface area contributed by atoms with E-state index >= 15 is 0 Å². The zero-order valence-corrected chi connectivity index (χ0v) is 19.8. The van der Waals surface area contributed by atoms with E-state index in [0.717, 1.165) is 11.1 Å². The van der Waals surface area contributed by atoms with Crippen LogP contribution in [0.1, 0.15) is 11.1 Å². The number of nitrogens with zero attached hydrogens (tertiary/aromatic N) is 1. The lowest BCUT2D eigenvalue weighted by molar-refractivity contribution is -0.113. The van der Waals surface area contributed by atoms with Crippen molar-refractivity contribution < 1.29 is 9.53 Å². The van der Waals surface area contributed by atoms with Crippen molar-refractivity contribution in [3.05, 3.63) is 97.8 Å². The maximum absolute atomic E-state index is 13.1. The summed E-state index contributed by atoms with van der Waals surface area (Å²) >= 11 is 25.0. The summed E-state index contributed by atoms with van der Waals surface area (Å²) < 4.78 is 6.41. The number of thiocarbonyl (C=S) groups is 1. The van der Waals surface area contributed by atoms with Crippen molar-refractivity contribution in [2.75, 3.05) is 4.90 Å². The molecule has 1 fully saturated rings. The van der Waals surface area contributed by atoms with Gasteiger partial charge in [-0.1, -0.05) is 95.2 Å². The fourth-order valence-electron chi connectivity index (χ4n) is 2.96. The molecule has 4 rings (SSSR count). The Bertz CT molecular complexity index is 1210. The van der Waals surface area contributed by atoms with Crippen molar-refractivity contribution in [1.82, 2.24) is 0 Å². The lowest BCUT2D eigenvalue weighted by atomic mass is 10.1. The van der Waals surface area contributed by atoms with Gasteiger partial charge in [0.1, 0.15) is 12.4 Å². The molecular weight excluding hydrogens is 493 g/mol. The zero-order chi connectivity index (χ0) is 22.0. The van der Waals surface area contributed by atoms with E-state index in [1.54, 1.807) is 24.3 Å². The van der Waals surface area contributed by atoms with E-state index in [4.69, 9.17) is 51.8 Å². The number of hydrogen-bond acceptors (Lipinski definition) is 4. The number of carbonyl (C=O) groups is 1. The fraction of sp³-hybridized carbons (Fsp3) is 0.0435. The Hall–Kier alpha value is -2.02. The third-order valence-electron chi connectivity index (χ3n) is 4.50. The minimum absolute atomic E-state index is 0.228. The van der Waals surface area contributed by atoms with Crippen LogP contribution in [0.15, 0.2) is 71.6 Å². The first-order chi connectivity index (χ1) is 14.9. The molecule has 31 heavy (non-hydrogen) atoms. The first kappa shape index (κ1) is 22.2. The molecule has 1 aliphatic heterocycles. The second-order valence-electron chi connectivity index (χ2n) is 6.53. The summed E-state index contributed by atoms with van der Waals surface area (Å²) in [6, 6.07) is 20.0. The molecule has 3 aromatic rings. The molecule has 0 N–H and O–H groups in total. The molecule has 1 heterocycles. The van der Waals surface area contributed by atoms with Crippen LogP contribution >= 0.6 is 58.8 Å². The smallest absolute Gasteiger partial charge is 0.270 e. The molecule has 3 aromatic carbocycles. The number of anilines is 1. The minimum atomic E-state index is -0.228. The van der Waals surface area contributed by atoms with Gasteiger partial charge in [0.25, 0.3) is 5.91 Å². The number of carbonyl (C=O) groups excluding carboxylic acids is 1. The number of amides is 1. The van der Waals surface area contributed by atoms with Crippen LogP contribution in [0, 0.1) is 0 Å². The lowest BCUT2D eigenvalue weighted by Gasteiger charge is -2.15. The van der Waals surface area contributed by atoms with Gasteiger partial charge < -0.3 is 4.74 Å². The zero-order valence-electron chi connectivity index (χ0n) is 15.8. The Kier molecular flexibility index (Phi) is 6.89. The molecule has 0 radical (unpaired) electrons. The molecule has 0 bridgehead atoms. The third kappa shape index (κ3) is 4.92. The molecule has 3 nitrogen and oxygen atoms in total. The molecule has 0 spiro atoms. The second kappa shape index (κ2) is 9.63. The van der Waals surface area contributed by atoms with Gasteiger partial charge in [-0.25, -0.2) is 0 Å². The summed E-state index contributed by atoms with van der Waals surface area (Å²) in [5, 5.41) is 1.41. The maximum atomic E-state index is 13.1. The SMILES string of the molecule is O=C1C(=Cc2ccccc2OCc2ccccc2Cl)SC(=S)N1c1ccc(Cl)c(Cl)c1. The summed E-state index contributed by atoms with van der Waals surface area (Å²) in [6.07, 6.45) is 1.78. The molecule has 0 aliphatic carbocycles. The fourth-order valence-corrected chi connectivity index (χ4v) is 4.73. The number of rotatable bonds is 5. The number of hydrogen-bond donors (Lipinski definition) is 0. The van der Waals surface area contributed by atoms with E-state index in [9.17, 15) is 4.79 Å². The summed E-state index contributed by atoms with van der Waals surface area (Å²) in [5.74, 6) is 0.413. The lowest BCUT2D eigenvalue weighted by Crippen LogP contribution is -2.27. The van der Waals surface area contributed by atoms with E-state index in [0.29, 0.717) is 42.3 Å². The van der Waals surface area contributed by atoms with Crippen LogP contribution in [0.25, 0.3) is 6.08 Å². The quantitative estimate of drug-likeness (QED) is 0.263. The highest BCUT2D eigenvalue weighted by Crippen LogP contribution is 2.38. The summed E-state index contributed by atoms with van der Waals surface area (Å²) in [5.41, 5.74) is 2.22. The maximum Gasteiger partial charge on any atom is 0.270 e. The molecule has 0 atom stereocenters. The number of halogens is 3. The molecule has 1 amide bonds. The molecule has 0 saturated carbocycles. The molecule has 0 aromatic heterocycles. The monoisotopic (exact) mass is 505 g/mol. The summed E-state index contributed by atoms with van der Waals surface area (Å²) in [4.78, 5) is 15.0. The molecule has 1 saturated heterocycles. The van der Waals surface area contributed by atoms with Gasteiger partial charge in [0.05, 0.1) is 20.6 Å². The van der Waals surface area contributed by atoms with Crippen molar-refractivity contribution in [2.24, 2.45) is 0 Å². The Morgan fingerprint density at radius 3 is 2.45 bits per heavy atom. The number of ether oxygens (including phenoxy) is 1. The van der Waals surface area contributed by atoms with Crippen molar-refractivity contribution in [3.63, 3.8) is 0 Å². The van der Waals surface area contributed by atoms with E-state index in [1.807, 2.05) is 48.5 Å². The average Bonchev–Trinajstić information content (AvgIpc) is 3.03. The van der Waals surface area contributed by atoms with Gasteiger partial charge >= 0.3 is 0 Å². The Morgan fingerprint density at radius 1 is 0.935 bits per heavy atom. The molecule has 1 aliphatic rings. The van der Waals surface area contributed by atoms with E-state index < -0.39 is 0 Å².